The fourth-order valence-corrected chi connectivity index (χ4v) is 5.85. The Morgan fingerprint density at radius 2 is 1.69 bits per heavy atom. The van der Waals surface area contributed by atoms with E-state index in [0.717, 1.165) is 33.3 Å². The molecule has 0 saturated heterocycles. The summed E-state index contributed by atoms with van der Waals surface area (Å²) in [5.74, 6) is -3.78. The summed E-state index contributed by atoms with van der Waals surface area (Å²) in [5.41, 5.74) is 1.00. The maximum Gasteiger partial charge on any atom is 0.288 e. The smallest absolute Gasteiger partial charge is 0.272 e. The van der Waals surface area contributed by atoms with Gasteiger partial charge in [0.05, 0.1) is 27.3 Å². The first-order valence-electron chi connectivity index (χ1n) is 10.1. The predicted molar refractivity (Wildman–Crippen MR) is 131 cm³/mol. The first-order chi connectivity index (χ1) is 16.6. The van der Waals surface area contributed by atoms with E-state index in [9.17, 15) is 26.4 Å². The molecule has 1 amide bonds. The van der Waals surface area contributed by atoms with Crippen LogP contribution in [0, 0.1) is 5.82 Å². The molecule has 35 heavy (non-hydrogen) atoms. The van der Waals surface area contributed by atoms with E-state index in [1.807, 2.05) is 12.1 Å². The number of nitrogens with zero attached hydrogens (tertiary/aromatic N) is 3. The molecule has 0 bridgehead atoms. The summed E-state index contributed by atoms with van der Waals surface area (Å²) in [6, 6.07) is 17.5. The highest BCUT2D eigenvalue weighted by Gasteiger charge is 2.28. The van der Waals surface area contributed by atoms with Crippen LogP contribution < -0.4 is 4.90 Å². The maximum atomic E-state index is 13.4. The number of para-hydroxylation sites is 1. The molecule has 12 heteroatoms. The van der Waals surface area contributed by atoms with E-state index < -0.39 is 34.0 Å². The number of thiazole rings is 1. The van der Waals surface area contributed by atoms with Crippen molar-refractivity contribution in [3.63, 3.8) is 0 Å². The van der Waals surface area contributed by atoms with Crippen molar-refractivity contribution in [2.75, 3.05) is 18.5 Å². The zero-order valence-corrected chi connectivity index (χ0v) is 20.6. The topological polar surface area (TPSA) is 70.6 Å². The zero-order valence-electron chi connectivity index (χ0n) is 18.1. The van der Waals surface area contributed by atoms with E-state index in [1.165, 1.54) is 47.5 Å². The Labute approximate surface area is 208 Å². The molecule has 0 radical (unpaired) electrons. The minimum absolute atomic E-state index is 0.158. The molecule has 0 aliphatic carbocycles. The van der Waals surface area contributed by atoms with Crippen LogP contribution in [0.3, 0.4) is 0 Å². The largest absolute Gasteiger partial charge is 0.288 e. The molecule has 0 atom stereocenters. The van der Waals surface area contributed by atoms with Gasteiger partial charge in [-0.2, -0.15) is 13.1 Å². The molecular weight excluding hydrogens is 519 g/mol. The molecule has 0 spiro atoms. The lowest BCUT2D eigenvalue weighted by Crippen LogP contribution is -2.39. The molecule has 4 rings (SSSR count). The van der Waals surface area contributed by atoms with Crippen LogP contribution in [-0.2, 0) is 14.8 Å². The van der Waals surface area contributed by atoms with Gasteiger partial charge in [-0.05, 0) is 60.7 Å². The van der Waals surface area contributed by atoms with Crippen LogP contribution in [0.1, 0.15) is 0 Å². The highest BCUT2D eigenvalue weighted by atomic mass is 32.2. The number of rotatable bonds is 8. The molecule has 4 aromatic rings. The van der Waals surface area contributed by atoms with Crippen LogP contribution in [0.4, 0.5) is 24.0 Å². The summed E-state index contributed by atoms with van der Waals surface area (Å²) in [6.07, 6.45) is 0. The molecule has 0 aliphatic heterocycles. The van der Waals surface area contributed by atoms with Crippen molar-refractivity contribution in [2.45, 2.75) is 15.5 Å². The first-order valence-corrected chi connectivity index (χ1v) is 13.2. The number of alkyl halides is 2. The number of sulfonamides is 1. The Bertz CT molecular complexity index is 1410. The third-order valence-electron chi connectivity index (χ3n) is 4.92. The van der Waals surface area contributed by atoms with Crippen LogP contribution >= 0.6 is 23.1 Å². The quantitative estimate of drug-likeness (QED) is 0.268. The molecule has 1 aromatic heterocycles. The summed E-state index contributed by atoms with van der Waals surface area (Å²) >= 11 is 1.61. The predicted octanol–water partition coefficient (Wildman–Crippen LogP) is 5.74. The van der Waals surface area contributed by atoms with Crippen molar-refractivity contribution in [1.82, 2.24) is 9.29 Å². The number of anilines is 2. The molecule has 0 unspecified atom stereocenters. The highest BCUT2D eigenvalue weighted by Crippen LogP contribution is 2.35. The molecule has 0 fully saturated rings. The number of hydrogen-bond acceptors (Lipinski definition) is 6. The average molecular weight is 538 g/mol. The van der Waals surface area contributed by atoms with Gasteiger partial charge in [-0.3, -0.25) is 9.69 Å². The van der Waals surface area contributed by atoms with Crippen molar-refractivity contribution in [2.24, 2.45) is 0 Å². The second-order valence-corrected chi connectivity index (χ2v) is 11.4. The highest BCUT2D eigenvalue weighted by molar-refractivity contribution is 7.99. The van der Waals surface area contributed by atoms with Crippen LogP contribution in [0.15, 0.2) is 82.6 Å². The Hall–Kier alpha value is -2.93. The zero-order chi connectivity index (χ0) is 25.2. The van der Waals surface area contributed by atoms with Gasteiger partial charge < -0.3 is 0 Å². The van der Waals surface area contributed by atoms with E-state index in [4.69, 9.17) is 0 Å². The fourth-order valence-electron chi connectivity index (χ4n) is 3.23. The van der Waals surface area contributed by atoms with E-state index in [-0.39, 0.29) is 4.90 Å². The average Bonchev–Trinajstić information content (AvgIpc) is 3.23. The number of aromatic nitrogens is 1. The summed E-state index contributed by atoms with van der Waals surface area (Å²) in [7, 11) is -2.83. The number of hydrogen-bond donors (Lipinski definition) is 0. The van der Waals surface area contributed by atoms with E-state index in [0.29, 0.717) is 33.0 Å². The summed E-state index contributed by atoms with van der Waals surface area (Å²) in [5, 5.41) is 0.304. The van der Waals surface area contributed by atoms with E-state index >= 15 is 0 Å². The van der Waals surface area contributed by atoms with Gasteiger partial charge in [-0.15, -0.1) is 0 Å². The van der Waals surface area contributed by atoms with Crippen LogP contribution in [-0.4, -0.2) is 43.0 Å². The number of amides is 1. The summed E-state index contributed by atoms with van der Waals surface area (Å²) < 4.78 is 66.2. The second kappa shape index (κ2) is 10.4. The first kappa shape index (κ1) is 25.2. The van der Waals surface area contributed by atoms with Gasteiger partial charge in [0.2, 0.25) is 15.9 Å². The van der Waals surface area contributed by atoms with Crippen molar-refractivity contribution in [3.05, 3.63) is 78.6 Å². The maximum absolute atomic E-state index is 13.4. The van der Waals surface area contributed by atoms with Gasteiger partial charge in [0.25, 0.3) is 5.76 Å². The van der Waals surface area contributed by atoms with E-state index in [2.05, 4.69) is 4.98 Å². The standard InChI is InChI=1S/C23H18F3N3O3S3/c1-28(35(31,32)18-12-6-15(24)7-13-18)14-21(30)29(16-8-10-17(11-9-16)33-22(25)26)23-27-19-4-2-3-5-20(19)34-23/h2-13,22H,14H2,1H3. The monoisotopic (exact) mass is 537 g/mol. The minimum atomic E-state index is -4.08. The van der Waals surface area contributed by atoms with Crippen LogP contribution in [0.2, 0.25) is 0 Å². The molecule has 0 aliphatic rings. The van der Waals surface area contributed by atoms with Crippen LogP contribution in [0.25, 0.3) is 10.2 Å². The van der Waals surface area contributed by atoms with Crippen molar-refractivity contribution < 1.29 is 26.4 Å². The summed E-state index contributed by atoms with van der Waals surface area (Å²) in [4.78, 5) is 19.4. The van der Waals surface area contributed by atoms with Crippen molar-refractivity contribution >= 4 is 60.1 Å². The van der Waals surface area contributed by atoms with Gasteiger partial charge in [-0.25, -0.2) is 17.8 Å². The van der Waals surface area contributed by atoms with Gasteiger partial charge in [-0.1, -0.05) is 35.2 Å². The van der Waals surface area contributed by atoms with E-state index in [1.54, 1.807) is 12.1 Å². The number of likely N-dealkylation sites (N-methyl/N-ethyl adjacent to an activating group) is 1. The minimum Gasteiger partial charge on any atom is -0.272 e. The molecule has 3 aromatic carbocycles. The number of benzene rings is 3. The number of carbonyl (C=O) groups excluding carboxylic acids is 1. The Balaban J connectivity index is 1.67. The lowest BCUT2D eigenvalue weighted by Gasteiger charge is -2.23. The fraction of sp³-hybridized carbons (Fsp3) is 0.130. The van der Waals surface area contributed by atoms with Gasteiger partial charge >= 0.3 is 0 Å². The van der Waals surface area contributed by atoms with Gasteiger partial charge in [0, 0.05) is 11.9 Å². The number of halogens is 3. The Morgan fingerprint density at radius 1 is 1.03 bits per heavy atom. The van der Waals surface area contributed by atoms with Crippen LogP contribution in [0.5, 0.6) is 0 Å². The third kappa shape index (κ3) is 5.67. The lowest BCUT2D eigenvalue weighted by molar-refractivity contribution is -0.117. The van der Waals surface area contributed by atoms with Crippen molar-refractivity contribution in [1.29, 1.82) is 0 Å². The Morgan fingerprint density at radius 3 is 2.31 bits per heavy atom. The molecule has 0 saturated carbocycles. The second-order valence-electron chi connectivity index (χ2n) is 7.28. The third-order valence-corrected chi connectivity index (χ3v) is 8.48. The molecule has 0 N–H and O–H groups in total. The molecular formula is C23H18F3N3O3S3. The molecule has 182 valence electrons. The van der Waals surface area contributed by atoms with Gasteiger partial charge in [0.15, 0.2) is 5.13 Å². The number of carbonyl (C=O) groups is 1. The molecule has 6 nitrogen and oxygen atoms in total. The SMILES string of the molecule is CN(CC(=O)N(c1ccc(SC(F)F)cc1)c1nc2ccccc2s1)S(=O)(=O)c1ccc(F)cc1. The number of fused-ring (bicyclic) bond motifs is 1. The Kier molecular flexibility index (Phi) is 7.45. The molecule has 1 heterocycles. The van der Waals surface area contributed by atoms with Gasteiger partial charge in [0.1, 0.15) is 5.82 Å². The number of thioether (sulfide) groups is 1. The normalized spacial score (nSPS) is 11.9. The lowest BCUT2D eigenvalue weighted by atomic mass is 10.3. The van der Waals surface area contributed by atoms with Crippen molar-refractivity contribution in [3.8, 4) is 0 Å². The summed E-state index contributed by atoms with van der Waals surface area (Å²) in [6.45, 7) is -0.539.